The lowest BCUT2D eigenvalue weighted by Gasteiger charge is -2.26. The van der Waals surface area contributed by atoms with Crippen LogP contribution in [-0.2, 0) is 19.4 Å². The molecule has 20 heavy (non-hydrogen) atoms. The third-order valence-electron chi connectivity index (χ3n) is 5.13. The Kier molecular flexibility index (Phi) is 4.04. The third kappa shape index (κ3) is 3.17. The number of sulfone groups is 1. The van der Waals surface area contributed by atoms with E-state index in [0.29, 0.717) is 32.2 Å². The number of carbonyl (C=O) groups excluding carboxylic acids is 1. The highest BCUT2D eigenvalue weighted by Crippen LogP contribution is 2.48. The zero-order chi connectivity index (χ0) is 14.2. The van der Waals surface area contributed by atoms with Crippen molar-refractivity contribution >= 4 is 15.8 Å². The third-order valence-corrected chi connectivity index (χ3v) is 6.74. The highest BCUT2D eigenvalue weighted by molar-refractivity contribution is 7.91. The SMILES string of the molecule is O=C(OCCN1CCS(=O)(=O)CC1)C1CC2CCC1C2. The molecule has 2 saturated carbocycles. The molecule has 3 fully saturated rings. The van der Waals surface area contributed by atoms with E-state index in [-0.39, 0.29) is 23.4 Å². The number of hydrogen-bond donors (Lipinski definition) is 0. The summed E-state index contributed by atoms with van der Waals surface area (Å²) >= 11 is 0. The molecule has 3 unspecified atom stereocenters. The molecular formula is C14H23NO4S. The van der Waals surface area contributed by atoms with E-state index in [4.69, 9.17) is 4.74 Å². The first-order valence-electron chi connectivity index (χ1n) is 7.63. The van der Waals surface area contributed by atoms with Crippen molar-refractivity contribution in [1.29, 1.82) is 0 Å². The van der Waals surface area contributed by atoms with Crippen LogP contribution in [0.5, 0.6) is 0 Å². The van der Waals surface area contributed by atoms with Gasteiger partial charge in [-0.15, -0.1) is 0 Å². The van der Waals surface area contributed by atoms with Crippen LogP contribution >= 0.6 is 0 Å². The summed E-state index contributed by atoms with van der Waals surface area (Å²) in [6.45, 7) is 2.18. The summed E-state index contributed by atoms with van der Waals surface area (Å²) < 4.78 is 28.0. The lowest BCUT2D eigenvalue weighted by molar-refractivity contribution is -0.150. The molecule has 0 aromatic heterocycles. The van der Waals surface area contributed by atoms with Crippen molar-refractivity contribution in [3.63, 3.8) is 0 Å². The summed E-state index contributed by atoms with van der Waals surface area (Å²) in [6.07, 6.45) is 4.71. The van der Waals surface area contributed by atoms with E-state index in [2.05, 4.69) is 4.90 Å². The maximum atomic E-state index is 12.0. The highest BCUT2D eigenvalue weighted by Gasteiger charge is 2.43. The van der Waals surface area contributed by atoms with E-state index >= 15 is 0 Å². The Labute approximate surface area is 120 Å². The molecule has 2 aliphatic carbocycles. The molecule has 0 amide bonds. The van der Waals surface area contributed by atoms with E-state index in [1.165, 1.54) is 19.3 Å². The molecule has 3 rings (SSSR count). The lowest BCUT2D eigenvalue weighted by Crippen LogP contribution is -2.42. The zero-order valence-corrected chi connectivity index (χ0v) is 12.6. The second-order valence-electron chi connectivity index (χ2n) is 6.44. The molecule has 1 aliphatic heterocycles. The Morgan fingerprint density at radius 1 is 1.15 bits per heavy atom. The van der Waals surface area contributed by atoms with Gasteiger partial charge in [0.25, 0.3) is 0 Å². The van der Waals surface area contributed by atoms with Gasteiger partial charge in [0.05, 0.1) is 17.4 Å². The van der Waals surface area contributed by atoms with Gasteiger partial charge in [0.2, 0.25) is 0 Å². The van der Waals surface area contributed by atoms with Crippen LogP contribution in [0.4, 0.5) is 0 Å². The second-order valence-corrected chi connectivity index (χ2v) is 8.75. The van der Waals surface area contributed by atoms with Crippen molar-refractivity contribution in [1.82, 2.24) is 4.90 Å². The highest BCUT2D eigenvalue weighted by atomic mass is 32.2. The molecule has 3 atom stereocenters. The topological polar surface area (TPSA) is 63.7 Å². The molecule has 1 heterocycles. The summed E-state index contributed by atoms with van der Waals surface area (Å²) in [6, 6.07) is 0. The fraction of sp³-hybridized carbons (Fsp3) is 0.929. The number of nitrogens with zero attached hydrogens (tertiary/aromatic N) is 1. The predicted octanol–water partition coefficient (Wildman–Crippen LogP) is 0.696. The monoisotopic (exact) mass is 301 g/mol. The van der Waals surface area contributed by atoms with E-state index in [1.54, 1.807) is 0 Å². The summed E-state index contributed by atoms with van der Waals surface area (Å²) in [5.41, 5.74) is 0. The molecule has 0 aromatic carbocycles. The van der Waals surface area contributed by atoms with Crippen LogP contribution in [0, 0.1) is 17.8 Å². The first kappa shape index (κ1) is 14.3. The molecule has 6 heteroatoms. The van der Waals surface area contributed by atoms with Crippen LogP contribution in [0.2, 0.25) is 0 Å². The summed E-state index contributed by atoms with van der Waals surface area (Å²) in [5, 5.41) is 0. The standard InChI is InChI=1S/C14H23NO4S/c16-14(13-10-11-1-2-12(13)9-11)19-6-3-15-4-7-20(17,18)8-5-15/h11-13H,1-10H2. The van der Waals surface area contributed by atoms with E-state index in [0.717, 1.165) is 12.3 Å². The summed E-state index contributed by atoms with van der Waals surface area (Å²) in [5.74, 6) is 1.88. The zero-order valence-electron chi connectivity index (χ0n) is 11.8. The maximum absolute atomic E-state index is 12.0. The number of ether oxygens (including phenoxy) is 1. The Balaban J connectivity index is 1.37. The minimum Gasteiger partial charge on any atom is -0.464 e. The van der Waals surface area contributed by atoms with Gasteiger partial charge in [-0.25, -0.2) is 8.42 Å². The molecule has 3 aliphatic rings. The maximum Gasteiger partial charge on any atom is 0.309 e. The average Bonchev–Trinajstić information content (AvgIpc) is 3.03. The minimum absolute atomic E-state index is 0.0261. The molecule has 0 aromatic rings. The number of esters is 1. The van der Waals surface area contributed by atoms with Gasteiger partial charge in [-0.1, -0.05) is 6.42 Å². The minimum atomic E-state index is -2.83. The Hall–Kier alpha value is -0.620. The van der Waals surface area contributed by atoms with Crippen LogP contribution in [-0.4, -0.2) is 57.0 Å². The fourth-order valence-corrected chi connectivity index (χ4v) is 5.17. The number of hydrogen-bond acceptors (Lipinski definition) is 5. The van der Waals surface area contributed by atoms with Gasteiger partial charge in [0.1, 0.15) is 6.61 Å². The predicted molar refractivity (Wildman–Crippen MR) is 75.0 cm³/mol. The van der Waals surface area contributed by atoms with Crippen LogP contribution < -0.4 is 0 Å². The lowest BCUT2D eigenvalue weighted by atomic mass is 9.89. The van der Waals surface area contributed by atoms with Crippen molar-refractivity contribution in [3.05, 3.63) is 0 Å². The van der Waals surface area contributed by atoms with Crippen molar-refractivity contribution in [2.75, 3.05) is 37.7 Å². The van der Waals surface area contributed by atoms with Gasteiger partial charge in [0, 0.05) is 19.6 Å². The Morgan fingerprint density at radius 3 is 2.50 bits per heavy atom. The first-order chi connectivity index (χ1) is 9.53. The molecule has 2 bridgehead atoms. The van der Waals surface area contributed by atoms with Crippen LogP contribution in [0.1, 0.15) is 25.7 Å². The number of rotatable bonds is 4. The van der Waals surface area contributed by atoms with Crippen molar-refractivity contribution in [2.45, 2.75) is 25.7 Å². The van der Waals surface area contributed by atoms with Crippen LogP contribution in [0.25, 0.3) is 0 Å². The van der Waals surface area contributed by atoms with Crippen molar-refractivity contribution in [2.24, 2.45) is 17.8 Å². The van der Waals surface area contributed by atoms with Gasteiger partial charge < -0.3 is 4.74 Å². The van der Waals surface area contributed by atoms with Gasteiger partial charge >= 0.3 is 5.97 Å². The largest absolute Gasteiger partial charge is 0.464 e. The van der Waals surface area contributed by atoms with E-state index in [9.17, 15) is 13.2 Å². The molecule has 1 saturated heterocycles. The Morgan fingerprint density at radius 2 is 1.90 bits per heavy atom. The molecule has 114 valence electrons. The normalized spacial score (nSPS) is 36.1. The van der Waals surface area contributed by atoms with Crippen molar-refractivity contribution in [3.8, 4) is 0 Å². The summed E-state index contributed by atoms with van der Waals surface area (Å²) in [7, 11) is -2.83. The van der Waals surface area contributed by atoms with E-state index in [1.807, 2.05) is 0 Å². The smallest absolute Gasteiger partial charge is 0.309 e. The van der Waals surface area contributed by atoms with Gasteiger partial charge in [-0.05, 0) is 31.1 Å². The van der Waals surface area contributed by atoms with Crippen LogP contribution in [0.3, 0.4) is 0 Å². The van der Waals surface area contributed by atoms with Crippen molar-refractivity contribution < 1.29 is 17.9 Å². The Bertz CT molecular complexity index is 462. The van der Waals surface area contributed by atoms with Crippen LogP contribution in [0.15, 0.2) is 0 Å². The quantitative estimate of drug-likeness (QED) is 0.715. The summed E-state index contributed by atoms with van der Waals surface area (Å²) in [4.78, 5) is 14.1. The molecule has 5 nitrogen and oxygen atoms in total. The molecule has 0 N–H and O–H groups in total. The molecular weight excluding hydrogens is 278 g/mol. The first-order valence-corrected chi connectivity index (χ1v) is 9.45. The van der Waals surface area contributed by atoms with Gasteiger partial charge in [-0.2, -0.15) is 0 Å². The second kappa shape index (κ2) is 5.64. The fourth-order valence-electron chi connectivity index (χ4n) is 3.89. The molecule has 0 radical (unpaired) electrons. The van der Waals surface area contributed by atoms with Gasteiger partial charge in [0.15, 0.2) is 9.84 Å². The average molecular weight is 301 g/mol. The number of fused-ring (bicyclic) bond motifs is 2. The molecule has 0 spiro atoms. The van der Waals surface area contributed by atoms with Gasteiger partial charge in [-0.3, -0.25) is 9.69 Å². The number of carbonyl (C=O) groups is 1. The van der Waals surface area contributed by atoms with E-state index < -0.39 is 9.84 Å².